The average Bonchev–Trinajstić information content (AvgIpc) is 2.68. The highest BCUT2D eigenvalue weighted by Gasteiger charge is 2.35. The lowest BCUT2D eigenvalue weighted by Crippen LogP contribution is -2.11. The molecule has 0 saturated heterocycles. The van der Waals surface area contributed by atoms with Gasteiger partial charge in [-0.1, -0.05) is 48.0 Å². The molecule has 0 aliphatic carbocycles. The SMILES string of the molecule is Fc1ccc(CO/C=C(/c2ccc(Cl)cc2)C(F)(F)F)cc1Oc1ccccc1. The predicted molar refractivity (Wildman–Crippen MR) is 103 cm³/mol. The molecule has 0 saturated carbocycles. The van der Waals surface area contributed by atoms with Crippen molar-refractivity contribution in [2.45, 2.75) is 12.8 Å². The Balaban J connectivity index is 1.75. The maximum absolute atomic E-state index is 14.0. The molecule has 3 aromatic carbocycles. The predicted octanol–water partition coefficient (Wildman–Crippen LogP) is 7.39. The van der Waals surface area contributed by atoms with E-state index >= 15 is 0 Å². The van der Waals surface area contributed by atoms with Gasteiger partial charge < -0.3 is 9.47 Å². The van der Waals surface area contributed by atoms with Crippen LogP contribution in [0.25, 0.3) is 5.57 Å². The first-order chi connectivity index (χ1) is 13.8. The molecule has 0 unspecified atom stereocenters. The second-order valence-electron chi connectivity index (χ2n) is 6.03. The van der Waals surface area contributed by atoms with Crippen molar-refractivity contribution in [3.63, 3.8) is 0 Å². The summed E-state index contributed by atoms with van der Waals surface area (Å²) in [6.07, 6.45) is -3.97. The molecule has 0 amide bonds. The highest BCUT2D eigenvalue weighted by Crippen LogP contribution is 2.34. The van der Waals surface area contributed by atoms with Crippen molar-refractivity contribution in [1.29, 1.82) is 0 Å². The van der Waals surface area contributed by atoms with Crippen LogP contribution in [0.2, 0.25) is 5.02 Å². The minimum absolute atomic E-state index is 0.0463. The van der Waals surface area contributed by atoms with Gasteiger partial charge in [-0.2, -0.15) is 13.2 Å². The molecular formula is C22H15ClF4O2. The lowest BCUT2D eigenvalue weighted by Gasteiger charge is -2.13. The van der Waals surface area contributed by atoms with Crippen LogP contribution in [-0.2, 0) is 11.3 Å². The maximum atomic E-state index is 14.0. The van der Waals surface area contributed by atoms with Gasteiger partial charge in [-0.3, -0.25) is 0 Å². The highest BCUT2D eigenvalue weighted by atomic mass is 35.5. The van der Waals surface area contributed by atoms with Crippen LogP contribution in [0.5, 0.6) is 11.5 Å². The van der Waals surface area contributed by atoms with Crippen molar-refractivity contribution < 1.29 is 27.0 Å². The third-order valence-corrected chi connectivity index (χ3v) is 4.13. The van der Waals surface area contributed by atoms with E-state index in [-0.39, 0.29) is 17.9 Å². The Morgan fingerprint density at radius 1 is 0.931 bits per heavy atom. The number of halogens is 5. The zero-order chi connectivity index (χ0) is 20.9. The Morgan fingerprint density at radius 2 is 1.62 bits per heavy atom. The monoisotopic (exact) mass is 422 g/mol. The first kappa shape index (κ1) is 20.7. The number of hydrogen-bond donors (Lipinski definition) is 0. The first-order valence-corrected chi connectivity index (χ1v) is 8.87. The molecule has 0 bridgehead atoms. The van der Waals surface area contributed by atoms with E-state index in [9.17, 15) is 17.6 Å². The van der Waals surface area contributed by atoms with E-state index in [1.54, 1.807) is 30.3 Å². The number of benzene rings is 3. The van der Waals surface area contributed by atoms with E-state index < -0.39 is 17.6 Å². The van der Waals surface area contributed by atoms with Crippen molar-refractivity contribution in [2.24, 2.45) is 0 Å². The van der Waals surface area contributed by atoms with Crippen LogP contribution in [0.15, 0.2) is 79.1 Å². The Hall–Kier alpha value is -2.99. The van der Waals surface area contributed by atoms with Gasteiger partial charge in [-0.05, 0) is 47.5 Å². The van der Waals surface area contributed by atoms with E-state index in [2.05, 4.69) is 0 Å². The number of allylic oxidation sites excluding steroid dienone is 1. The van der Waals surface area contributed by atoms with Gasteiger partial charge in [-0.15, -0.1) is 0 Å². The lowest BCUT2D eigenvalue weighted by molar-refractivity contribution is -0.0704. The fraction of sp³-hybridized carbons (Fsp3) is 0.0909. The van der Waals surface area contributed by atoms with Gasteiger partial charge in [0.25, 0.3) is 0 Å². The second kappa shape index (κ2) is 9.01. The molecule has 29 heavy (non-hydrogen) atoms. The number of para-hydroxylation sites is 1. The van der Waals surface area contributed by atoms with E-state index in [0.29, 0.717) is 22.6 Å². The summed E-state index contributed by atoms with van der Waals surface area (Å²) >= 11 is 5.73. The fourth-order valence-corrected chi connectivity index (χ4v) is 2.61. The minimum atomic E-state index is -4.61. The normalized spacial score (nSPS) is 12.0. The summed E-state index contributed by atoms with van der Waals surface area (Å²) in [4.78, 5) is 0. The van der Waals surface area contributed by atoms with E-state index in [0.717, 1.165) is 0 Å². The van der Waals surface area contributed by atoms with Gasteiger partial charge in [-0.25, -0.2) is 4.39 Å². The average molecular weight is 423 g/mol. The molecular weight excluding hydrogens is 408 g/mol. The fourth-order valence-electron chi connectivity index (χ4n) is 2.48. The summed E-state index contributed by atoms with van der Waals surface area (Å²) in [5.41, 5.74) is -0.572. The summed E-state index contributed by atoms with van der Waals surface area (Å²) in [6, 6.07) is 17.8. The maximum Gasteiger partial charge on any atom is 0.419 e. The number of alkyl halides is 3. The molecule has 0 heterocycles. The van der Waals surface area contributed by atoms with Crippen LogP contribution in [0.3, 0.4) is 0 Å². The largest absolute Gasteiger partial charge is 0.496 e. The molecule has 150 valence electrons. The van der Waals surface area contributed by atoms with Gasteiger partial charge in [0.2, 0.25) is 0 Å². The molecule has 0 radical (unpaired) electrons. The summed E-state index contributed by atoms with van der Waals surface area (Å²) in [5, 5.41) is 0.327. The molecule has 3 aromatic rings. The van der Waals surface area contributed by atoms with E-state index in [4.69, 9.17) is 21.1 Å². The van der Waals surface area contributed by atoms with Crippen molar-refractivity contribution in [3.05, 3.63) is 101 Å². The molecule has 0 spiro atoms. The Kier molecular flexibility index (Phi) is 6.44. The molecule has 0 N–H and O–H groups in total. The Labute approximate surface area is 170 Å². The smallest absolute Gasteiger partial charge is 0.419 e. The molecule has 2 nitrogen and oxygen atoms in total. The zero-order valence-electron chi connectivity index (χ0n) is 14.9. The van der Waals surface area contributed by atoms with Crippen molar-refractivity contribution in [1.82, 2.24) is 0 Å². The highest BCUT2D eigenvalue weighted by molar-refractivity contribution is 6.30. The van der Waals surface area contributed by atoms with Gasteiger partial charge >= 0.3 is 6.18 Å². The third-order valence-electron chi connectivity index (χ3n) is 3.88. The van der Waals surface area contributed by atoms with Gasteiger partial charge in [0.05, 0.1) is 11.8 Å². The van der Waals surface area contributed by atoms with E-state index in [1.807, 2.05) is 0 Å². The number of ether oxygens (including phenoxy) is 2. The van der Waals surface area contributed by atoms with Crippen LogP contribution >= 0.6 is 11.6 Å². The van der Waals surface area contributed by atoms with Crippen molar-refractivity contribution in [3.8, 4) is 11.5 Å². The zero-order valence-corrected chi connectivity index (χ0v) is 15.7. The molecule has 7 heteroatoms. The quantitative estimate of drug-likeness (QED) is 0.304. The van der Waals surface area contributed by atoms with E-state index in [1.165, 1.54) is 42.5 Å². The van der Waals surface area contributed by atoms with Crippen LogP contribution in [0.4, 0.5) is 17.6 Å². The molecule has 0 fully saturated rings. The summed E-state index contributed by atoms with van der Waals surface area (Å²) in [6.45, 7) is -0.196. The second-order valence-corrected chi connectivity index (χ2v) is 6.46. The van der Waals surface area contributed by atoms with Crippen LogP contribution < -0.4 is 4.74 Å². The van der Waals surface area contributed by atoms with Crippen molar-refractivity contribution >= 4 is 17.2 Å². The summed E-state index contributed by atoms with van der Waals surface area (Å²) < 4.78 is 64.6. The molecule has 0 atom stereocenters. The van der Waals surface area contributed by atoms with Crippen LogP contribution in [0.1, 0.15) is 11.1 Å². The molecule has 0 aromatic heterocycles. The molecule has 0 aliphatic rings. The number of hydrogen-bond acceptors (Lipinski definition) is 2. The number of rotatable bonds is 6. The third kappa shape index (κ3) is 5.74. The van der Waals surface area contributed by atoms with Crippen molar-refractivity contribution in [2.75, 3.05) is 0 Å². The minimum Gasteiger partial charge on any atom is -0.496 e. The van der Waals surface area contributed by atoms with Crippen LogP contribution in [-0.4, -0.2) is 6.18 Å². The van der Waals surface area contributed by atoms with Gasteiger partial charge in [0.1, 0.15) is 12.4 Å². The van der Waals surface area contributed by atoms with Gasteiger partial charge in [0.15, 0.2) is 11.6 Å². The Bertz CT molecular complexity index is 984. The lowest BCUT2D eigenvalue weighted by atomic mass is 10.1. The summed E-state index contributed by atoms with van der Waals surface area (Å²) in [7, 11) is 0. The summed E-state index contributed by atoms with van der Waals surface area (Å²) in [5.74, 6) is -0.202. The molecule has 0 aliphatic heterocycles. The standard InChI is InChI=1S/C22H15ClF4O2/c23-17-9-7-16(8-10-17)19(22(25,26)27)14-28-13-15-6-11-20(24)21(12-15)29-18-4-2-1-3-5-18/h1-12,14H,13H2/b19-14-. The van der Waals surface area contributed by atoms with Crippen LogP contribution in [0, 0.1) is 5.82 Å². The first-order valence-electron chi connectivity index (χ1n) is 8.49. The topological polar surface area (TPSA) is 18.5 Å². The Morgan fingerprint density at radius 3 is 2.28 bits per heavy atom. The van der Waals surface area contributed by atoms with Gasteiger partial charge in [0, 0.05) is 5.02 Å². The molecule has 3 rings (SSSR count).